The van der Waals surface area contributed by atoms with Crippen LogP contribution in [0.1, 0.15) is 19.5 Å². The molecule has 16 heavy (non-hydrogen) atoms. The molecule has 0 saturated carbocycles. The van der Waals surface area contributed by atoms with Crippen molar-refractivity contribution in [2.45, 2.75) is 19.9 Å². The molecule has 0 spiro atoms. The Kier molecular flexibility index (Phi) is 4.67. The Morgan fingerprint density at radius 1 is 1.44 bits per heavy atom. The van der Waals surface area contributed by atoms with E-state index in [4.69, 9.17) is 10.00 Å². The van der Waals surface area contributed by atoms with Gasteiger partial charge in [0, 0.05) is 32.1 Å². The van der Waals surface area contributed by atoms with Crippen molar-refractivity contribution in [3.05, 3.63) is 18.1 Å². The molecule has 0 aliphatic rings. The maximum absolute atomic E-state index is 8.96. The molecule has 0 saturated heterocycles. The van der Waals surface area contributed by atoms with Crippen LogP contribution in [0.5, 0.6) is 0 Å². The van der Waals surface area contributed by atoms with Gasteiger partial charge in [-0.2, -0.15) is 5.26 Å². The first-order chi connectivity index (χ1) is 7.70. The minimum absolute atomic E-state index is 0.249. The lowest BCUT2D eigenvalue weighted by Crippen LogP contribution is -2.35. The molecule has 0 bridgehead atoms. The van der Waals surface area contributed by atoms with Gasteiger partial charge in [0.05, 0.1) is 6.61 Å². The van der Waals surface area contributed by atoms with Crippen LogP contribution in [0.4, 0.5) is 5.82 Å². The van der Waals surface area contributed by atoms with E-state index in [1.807, 2.05) is 18.7 Å². The molecule has 1 heterocycles. The third-order valence-electron chi connectivity index (χ3n) is 2.22. The Bertz CT molecular complexity index is 372. The summed E-state index contributed by atoms with van der Waals surface area (Å²) in [7, 11) is 1.65. The number of anilines is 1. The zero-order chi connectivity index (χ0) is 12.0. The molecule has 0 aliphatic heterocycles. The predicted octanol–water partition coefficient (Wildman–Crippen LogP) is 1.21. The van der Waals surface area contributed by atoms with Crippen LogP contribution >= 0.6 is 0 Å². The molecule has 0 radical (unpaired) electrons. The Labute approximate surface area is 95.7 Å². The number of methoxy groups -OCH3 is 1. The van der Waals surface area contributed by atoms with Crippen molar-refractivity contribution in [2.24, 2.45) is 0 Å². The molecule has 0 aromatic carbocycles. The SMILES string of the molecule is COCCN(c1nccnc1C#N)C(C)C. The van der Waals surface area contributed by atoms with Crippen molar-refractivity contribution in [3.8, 4) is 6.07 Å². The number of rotatable bonds is 5. The molecule has 0 amide bonds. The highest BCUT2D eigenvalue weighted by molar-refractivity contribution is 5.50. The van der Waals surface area contributed by atoms with Crippen LogP contribution in [0.25, 0.3) is 0 Å². The summed E-state index contributed by atoms with van der Waals surface area (Å²) >= 11 is 0. The fourth-order valence-electron chi connectivity index (χ4n) is 1.42. The molecule has 0 aliphatic carbocycles. The number of aromatic nitrogens is 2. The van der Waals surface area contributed by atoms with Gasteiger partial charge in [-0.05, 0) is 13.8 Å². The lowest BCUT2D eigenvalue weighted by molar-refractivity contribution is 0.203. The summed E-state index contributed by atoms with van der Waals surface area (Å²) in [6, 6.07) is 2.30. The highest BCUT2D eigenvalue weighted by Crippen LogP contribution is 2.16. The summed E-state index contributed by atoms with van der Waals surface area (Å²) < 4.78 is 5.04. The Morgan fingerprint density at radius 2 is 2.12 bits per heavy atom. The van der Waals surface area contributed by atoms with Gasteiger partial charge in [-0.3, -0.25) is 0 Å². The largest absolute Gasteiger partial charge is 0.383 e. The molecule has 1 aromatic heterocycles. The second-order valence-electron chi connectivity index (χ2n) is 3.62. The second kappa shape index (κ2) is 6.03. The number of hydrogen-bond donors (Lipinski definition) is 0. The highest BCUT2D eigenvalue weighted by Gasteiger charge is 2.16. The van der Waals surface area contributed by atoms with Crippen molar-refractivity contribution < 1.29 is 4.74 Å². The first-order valence-corrected chi connectivity index (χ1v) is 5.17. The van der Waals surface area contributed by atoms with Gasteiger partial charge >= 0.3 is 0 Å². The van der Waals surface area contributed by atoms with Gasteiger partial charge in [0.1, 0.15) is 6.07 Å². The smallest absolute Gasteiger partial charge is 0.183 e. The fourth-order valence-corrected chi connectivity index (χ4v) is 1.42. The molecule has 5 heteroatoms. The van der Waals surface area contributed by atoms with Crippen molar-refractivity contribution in [2.75, 3.05) is 25.2 Å². The number of ether oxygens (including phenoxy) is 1. The predicted molar refractivity (Wildman–Crippen MR) is 61.1 cm³/mol. The van der Waals surface area contributed by atoms with E-state index >= 15 is 0 Å². The van der Waals surface area contributed by atoms with Gasteiger partial charge in [0.2, 0.25) is 0 Å². The van der Waals surface area contributed by atoms with Gasteiger partial charge in [-0.1, -0.05) is 0 Å². The first-order valence-electron chi connectivity index (χ1n) is 5.17. The van der Waals surface area contributed by atoms with Crippen molar-refractivity contribution in [1.29, 1.82) is 5.26 Å². The lowest BCUT2D eigenvalue weighted by atomic mass is 10.3. The maximum atomic E-state index is 8.96. The van der Waals surface area contributed by atoms with Crippen LogP contribution in [-0.2, 0) is 4.74 Å². The molecule has 0 N–H and O–H groups in total. The Hall–Kier alpha value is -1.67. The van der Waals surface area contributed by atoms with E-state index in [-0.39, 0.29) is 6.04 Å². The van der Waals surface area contributed by atoms with Crippen LogP contribution < -0.4 is 4.90 Å². The zero-order valence-electron chi connectivity index (χ0n) is 9.84. The highest BCUT2D eigenvalue weighted by atomic mass is 16.5. The van der Waals surface area contributed by atoms with Crippen molar-refractivity contribution >= 4 is 5.82 Å². The number of nitrogens with zero attached hydrogens (tertiary/aromatic N) is 4. The Balaban J connectivity index is 2.97. The van der Waals surface area contributed by atoms with E-state index in [9.17, 15) is 0 Å². The Morgan fingerprint density at radius 3 is 2.69 bits per heavy atom. The average Bonchev–Trinajstić information content (AvgIpc) is 2.29. The quantitative estimate of drug-likeness (QED) is 0.746. The molecule has 0 unspecified atom stereocenters. The van der Waals surface area contributed by atoms with E-state index in [1.165, 1.54) is 6.20 Å². The first kappa shape index (κ1) is 12.4. The molecular weight excluding hydrogens is 204 g/mol. The van der Waals surface area contributed by atoms with Crippen LogP contribution in [0.2, 0.25) is 0 Å². The van der Waals surface area contributed by atoms with E-state index in [0.29, 0.717) is 24.7 Å². The molecule has 86 valence electrons. The van der Waals surface area contributed by atoms with Crippen LogP contribution in [0.15, 0.2) is 12.4 Å². The van der Waals surface area contributed by atoms with Crippen molar-refractivity contribution in [1.82, 2.24) is 9.97 Å². The fraction of sp³-hybridized carbons (Fsp3) is 0.545. The van der Waals surface area contributed by atoms with Crippen LogP contribution in [0, 0.1) is 11.3 Å². The molecular formula is C11H16N4O. The number of hydrogen-bond acceptors (Lipinski definition) is 5. The maximum Gasteiger partial charge on any atom is 0.183 e. The van der Waals surface area contributed by atoms with E-state index in [2.05, 4.69) is 16.0 Å². The molecule has 0 atom stereocenters. The minimum atomic E-state index is 0.249. The van der Waals surface area contributed by atoms with Crippen LogP contribution in [-0.4, -0.2) is 36.3 Å². The molecule has 1 rings (SSSR count). The third kappa shape index (κ3) is 2.91. The third-order valence-corrected chi connectivity index (χ3v) is 2.22. The normalized spacial score (nSPS) is 10.2. The van der Waals surface area contributed by atoms with Gasteiger partial charge in [0.15, 0.2) is 11.5 Å². The van der Waals surface area contributed by atoms with E-state index in [0.717, 1.165) is 0 Å². The monoisotopic (exact) mass is 220 g/mol. The van der Waals surface area contributed by atoms with E-state index < -0.39 is 0 Å². The van der Waals surface area contributed by atoms with Gasteiger partial charge in [-0.15, -0.1) is 0 Å². The number of nitriles is 1. The average molecular weight is 220 g/mol. The van der Waals surface area contributed by atoms with Crippen molar-refractivity contribution in [3.63, 3.8) is 0 Å². The summed E-state index contributed by atoms with van der Waals surface area (Å²) in [6.07, 6.45) is 3.12. The van der Waals surface area contributed by atoms with Gasteiger partial charge in [0.25, 0.3) is 0 Å². The minimum Gasteiger partial charge on any atom is -0.383 e. The lowest BCUT2D eigenvalue weighted by Gasteiger charge is -2.27. The summed E-state index contributed by atoms with van der Waals surface area (Å²) in [5, 5.41) is 8.96. The standard InChI is InChI=1S/C11H16N4O/c1-9(2)15(6-7-16-3)11-10(8-12)13-4-5-14-11/h4-5,9H,6-7H2,1-3H3. The summed E-state index contributed by atoms with van der Waals surface area (Å²) in [5.74, 6) is 0.622. The zero-order valence-corrected chi connectivity index (χ0v) is 9.84. The van der Waals surface area contributed by atoms with Gasteiger partial charge < -0.3 is 9.64 Å². The molecule has 1 aromatic rings. The topological polar surface area (TPSA) is 62.0 Å². The summed E-state index contributed by atoms with van der Waals surface area (Å²) in [6.45, 7) is 5.39. The second-order valence-corrected chi connectivity index (χ2v) is 3.62. The summed E-state index contributed by atoms with van der Waals surface area (Å²) in [4.78, 5) is 10.2. The van der Waals surface area contributed by atoms with Crippen LogP contribution in [0.3, 0.4) is 0 Å². The van der Waals surface area contributed by atoms with E-state index in [1.54, 1.807) is 13.3 Å². The summed E-state index contributed by atoms with van der Waals surface area (Å²) in [5.41, 5.74) is 0.354. The molecule has 5 nitrogen and oxygen atoms in total. The molecule has 0 fully saturated rings. The van der Waals surface area contributed by atoms with Gasteiger partial charge in [-0.25, -0.2) is 9.97 Å².